The maximum Gasteiger partial charge on any atom is 0.318 e. The smallest absolute Gasteiger partial charge is 0.318 e. The topological polar surface area (TPSA) is 36.9 Å². The third kappa shape index (κ3) is 5.29. The lowest BCUT2D eigenvalue weighted by Gasteiger charge is -2.47. The Balaban J connectivity index is 3.01. The van der Waals surface area contributed by atoms with Crippen molar-refractivity contribution in [1.29, 1.82) is 0 Å². The Morgan fingerprint density at radius 2 is 1.00 bits per heavy atom. The van der Waals surface area contributed by atoms with Crippen molar-refractivity contribution >= 4 is 50.2 Å². The molecule has 1 heterocycles. The van der Waals surface area contributed by atoms with Crippen LogP contribution in [-0.4, -0.2) is 39.6 Å². The van der Waals surface area contributed by atoms with Gasteiger partial charge in [-0.15, -0.1) is 0 Å². The summed E-state index contributed by atoms with van der Waals surface area (Å²) in [5, 5.41) is 0.894. The first-order valence-corrected chi connectivity index (χ1v) is 18.3. The monoisotopic (exact) mass is 388 g/mol. The molecule has 0 atom stereocenters. The van der Waals surface area contributed by atoms with Crippen LogP contribution in [0.25, 0.3) is 0 Å². The largest absolute Gasteiger partial charge is 0.416 e. The van der Waals surface area contributed by atoms with Gasteiger partial charge in [-0.25, -0.2) is 0 Å². The van der Waals surface area contributed by atoms with Crippen LogP contribution in [0.3, 0.4) is 0 Å². The van der Waals surface area contributed by atoms with Gasteiger partial charge in [-0.2, -0.15) is 0 Å². The van der Waals surface area contributed by atoms with Crippen LogP contribution in [-0.2, 0) is 16.5 Å². The zero-order valence-corrected chi connectivity index (χ0v) is 18.0. The molecule has 0 amide bonds. The molecule has 1 fully saturated rings. The van der Waals surface area contributed by atoms with Crippen LogP contribution in [0.2, 0.25) is 51.9 Å². The first kappa shape index (κ1) is 17.2. The molecule has 0 bridgehead atoms. The molecule has 1 saturated heterocycles. The van der Waals surface area contributed by atoms with Crippen LogP contribution in [0, 0.1) is 0 Å². The predicted molar refractivity (Wildman–Crippen MR) is 87.0 cm³/mol. The van der Waals surface area contributed by atoms with E-state index in [4.69, 9.17) is 16.5 Å². The van der Waals surface area contributed by atoms with Crippen LogP contribution in [0.5, 0.6) is 0 Å². The summed E-state index contributed by atoms with van der Waals surface area (Å²) in [4.78, 5) is 0. The van der Waals surface area contributed by atoms with E-state index >= 15 is 0 Å². The van der Waals surface area contributed by atoms with Crippen molar-refractivity contribution in [2.45, 2.75) is 51.9 Å². The maximum atomic E-state index is 6.37. The number of alkyl halides is 1. The summed E-state index contributed by atoms with van der Waals surface area (Å²) >= 11 is 3.50. The Morgan fingerprint density at radius 3 is 1.33 bits per heavy atom. The van der Waals surface area contributed by atoms with Gasteiger partial charge >= 0.3 is 34.2 Å². The van der Waals surface area contributed by atoms with Crippen molar-refractivity contribution < 1.29 is 16.5 Å². The van der Waals surface area contributed by atoms with Crippen molar-refractivity contribution in [3.63, 3.8) is 0 Å². The molecule has 108 valence electrons. The quantitative estimate of drug-likeness (QED) is 0.534. The number of rotatable bonds is 2. The van der Waals surface area contributed by atoms with Gasteiger partial charge in [-0.3, -0.25) is 0 Å². The van der Waals surface area contributed by atoms with Gasteiger partial charge in [0.15, 0.2) is 0 Å². The first-order valence-electron chi connectivity index (χ1n) is 6.25. The molecule has 0 unspecified atom stereocenters. The lowest BCUT2D eigenvalue weighted by molar-refractivity contribution is 0.235. The lowest BCUT2D eigenvalue weighted by Crippen LogP contribution is -2.65. The fourth-order valence-corrected chi connectivity index (χ4v) is 25.9. The van der Waals surface area contributed by atoms with Crippen LogP contribution in [0.4, 0.5) is 0 Å². The molecule has 0 N–H and O–H groups in total. The molecule has 1 aliphatic rings. The summed E-state index contributed by atoms with van der Waals surface area (Å²) in [6, 6.07) is 0.925. The molecule has 0 radical (unpaired) electrons. The van der Waals surface area contributed by atoms with Crippen molar-refractivity contribution in [1.82, 2.24) is 0 Å². The molecule has 0 aromatic carbocycles. The second kappa shape index (κ2) is 5.52. The summed E-state index contributed by atoms with van der Waals surface area (Å²) in [7, 11) is -8.69. The second-order valence-electron chi connectivity index (χ2n) is 6.18. The number of hydrogen-bond donors (Lipinski definition) is 0. The van der Waals surface area contributed by atoms with Crippen LogP contribution >= 0.6 is 15.9 Å². The Hall–Kier alpha value is 1.19. The van der Waals surface area contributed by atoms with Crippen molar-refractivity contribution in [3.05, 3.63) is 0 Å². The van der Waals surface area contributed by atoms with Crippen LogP contribution in [0.1, 0.15) is 0 Å². The van der Waals surface area contributed by atoms with E-state index in [1.807, 2.05) is 0 Å². The standard InChI is InChI=1S/C9H25BrO4Si4/c1-15(2)11-16(3,4)13-18(7,9-8-10)14-17(5,6)12-15/h8-9H2,1-7H3. The van der Waals surface area contributed by atoms with Gasteiger partial charge in [0.2, 0.25) is 0 Å². The predicted octanol–water partition coefficient (Wildman–Crippen LogP) is 3.64. The molecule has 18 heavy (non-hydrogen) atoms. The Kier molecular flexibility index (Phi) is 5.29. The zero-order chi connectivity index (χ0) is 14.2. The van der Waals surface area contributed by atoms with Crippen molar-refractivity contribution in [2.75, 3.05) is 5.33 Å². The SMILES string of the molecule is C[Si]1(C)O[Si](C)(C)O[Si](C)(CCBr)O[Si](C)(C)O1. The highest BCUT2D eigenvalue weighted by atomic mass is 79.9. The fraction of sp³-hybridized carbons (Fsp3) is 1.00. The van der Waals surface area contributed by atoms with Crippen molar-refractivity contribution in [3.8, 4) is 0 Å². The van der Waals surface area contributed by atoms with Crippen LogP contribution < -0.4 is 0 Å². The van der Waals surface area contributed by atoms with Gasteiger partial charge in [0.1, 0.15) is 0 Å². The summed E-state index contributed by atoms with van der Waals surface area (Å²) in [6.45, 7) is 14.7. The molecule has 0 aliphatic carbocycles. The summed E-state index contributed by atoms with van der Waals surface area (Å²) in [5.41, 5.74) is 0. The lowest BCUT2D eigenvalue weighted by atomic mass is 11.0. The first-order chi connectivity index (χ1) is 7.89. The minimum Gasteiger partial charge on any atom is -0.416 e. The Labute approximate surface area is 123 Å². The molecule has 0 saturated carbocycles. The van der Waals surface area contributed by atoms with E-state index in [1.165, 1.54) is 0 Å². The Bertz CT molecular complexity index is 289. The maximum absolute atomic E-state index is 6.37. The highest BCUT2D eigenvalue weighted by Gasteiger charge is 2.51. The molecule has 9 heteroatoms. The zero-order valence-electron chi connectivity index (χ0n) is 12.4. The van der Waals surface area contributed by atoms with Gasteiger partial charge < -0.3 is 16.5 Å². The minimum absolute atomic E-state index is 0.894. The average molecular weight is 390 g/mol. The van der Waals surface area contributed by atoms with Crippen LogP contribution in [0.15, 0.2) is 0 Å². The fourth-order valence-electron chi connectivity index (χ4n) is 2.58. The van der Waals surface area contributed by atoms with E-state index in [1.54, 1.807) is 0 Å². The number of hydrogen-bond acceptors (Lipinski definition) is 4. The second-order valence-corrected chi connectivity index (χ2v) is 21.4. The summed E-state index contributed by atoms with van der Waals surface area (Å²) in [6.07, 6.45) is 0. The van der Waals surface area contributed by atoms with Crippen molar-refractivity contribution in [2.24, 2.45) is 0 Å². The van der Waals surface area contributed by atoms with E-state index in [-0.39, 0.29) is 0 Å². The highest BCUT2D eigenvalue weighted by molar-refractivity contribution is 9.09. The van der Waals surface area contributed by atoms with Gasteiger partial charge in [0.05, 0.1) is 0 Å². The van der Waals surface area contributed by atoms with Gasteiger partial charge in [0, 0.05) is 5.33 Å². The normalized spacial score (nSPS) is 29.3. The molecule has 1 aliphatic heterocycles. The van der Waals surface area contributed by atoms with E-state index in [9.17, 15) is 0 Å². The third-order valence-electron chi connectivity index (χ3n) is 2.46. The molecule has 1 rings (SSSR count). The molecule has 0 spiro atoms. The van der Waals surface area contributed by atoms with Gasteiger partial charge in [-0.05, 0) is 51.9 Å². The highest BCUT2D eigenvalue weighted by Crippen LogP contribution is 2.32. The molecule has 4 nitrogen and oxygen atoms in total. The van der Waals surface area contributed by atoms with E-state index in [0.29, 0.717) is 0 Å². The molecule has 0 aromatic heterocycles. The van der Waals surface area contributed by atoms with E-state index < -0.39 is 34.2 Å². The molecular weight excluding hydrogens is 364 g/mol. The van der Waals surface area contributed by atoms with Gasteiger partial charge in [0.25, 0.3) is 0 Å². The van der Waals surface area contributed by atoms with Gasteiger partial charge in [-0.1, -0.05) is 15.9 Å². The van der Waals surface area contributed by atoms with E-state index in [2.05, 4.69) is 61.8 Å². The third-order valence-corrected chi connectivity index (χ3v) is 20.0. The molecular formula is C9H25BrO4Si4. The summed E-state index contributed by atoms with van der Waals surface area (Å²) < 4.78 is 25.2. The Morgan fingerprint density at radius 1 is 0.667 bits per heavy atom. The summed E-state index contributed by atoms with van der Waals surface area (Å²) in [5.74, 6) is 0. The van der Waals surface area contributed by atoms with E-state index in [0.717, 1.165) is 11.4 Å². The number of halogens is 1. The minimum atomic E-state index is -2.20. The molecule has 0 aromatic rings. The average Bonchev–Trinajstić information content (AvgIpc) is 1.91.